The summed E-state index contributed by atoms with van der Waals surface area (Å²) in [6, 6.07) is 13.1. The number of nitrogens with zero attached hydrogens (tertiary/aromatic N) is 2. The largest absolute Gasteiger partial charge is 0.310 e. The molecule has 3 rings (SSSR count). The van der Waals surface area contributed by atoms with Crippen molar-refractivity contribution < 1.29 is 9.18 Å². The molecule has 0 spiro atoms. The molecule has 0 saturated carbocycles. The summed E-state index contributed by atoms with van der Waals surface area (Å²) in [5.74, 6) is -0.180. The van der Waals surface area contributed by atoms with E-state index in [1.807, 2.05) is 35.8 Å². The molecule has 106 valence electrons. The highest BCUT2D eigenvalue weighted by molar-refractivity contribution is 6.04. The fraction of sp³-hybridized carbons (Fsp3) is 0.125. The van der Waals surface area contributed by atoms with Crippen LogP contribution in [0.15, 0.2) is 48.5 Å². The molecule has 21 heavy (non-hydrogen) atoms. The second kappa shape index (κ2) is 5.36. The van der Waals surface area contributed by atoms with E-state index >= 15 is 0 Å². The average molecular weight is 283 g/mol. The van der Waals surface area contributed by atoms with Gasteiger partial charge in [-0.1, -0.05) is 12.1 Å². The predicted molar refractivity (Wildman–Crippen MR) is 79.8 cm³/mol. The first-order valence-electron chi connectivity index (χ1n) is 6.71. The lowest BCUT2D eigenvalue weighted by molar-refractivity contribution is 0.102. The summed E-state index contributed by atoms with van der Waals surface area (Å²) in [4.78, 5) is 16.6. The van der Waals surface area contributed by atoms with Gasteiger partial charge in [0.2, 0.25) is 5.95 Å². The second-order valence-electron chi connectivity index (χ2n) is 4.63. The molecule has 0 radical (unpaired) electrons. The molecular weight excluding hydrogens is 269 g/mol. The summed E-state index contributed by atoms with van der Waals surface area (Å²) in [5, 5.41) is 2.78. The lowest BCUT2D eigenvalue weighted by Gasteiger charge is -2.07. The number of carbonyl (C=O) groups is 1. The third-order valence-corrected chi connectivity index (χ3v) is 3.30. The topological polar surface area (TPSA) is 46.9 Å². The third kappa shape index (κ3) is 2.50. The van der Waals surface area contributed by atoms with E-state index in [9.17, 15) is 9.18 Å². The molecule has 1 heterocycles. The van der Waals surface area contributed by atoms with Crippen molar-refractivity contribution in [3.63, 3.8) is 0 Å². The first-order chi connectivity index (χ1) is 10.2. The van der Waals surface area contributed by atoms with E-state index in [2.05, 4.69) is 10.3 Å². The zero-order valence-corrected chi connectivity index (χ0v) is 11.5. The Kier molecular flexibility index (Phi) is 3.39. The molecule has 2 aromatic carbocycles. The Labute approximate surface area is 121 Å². The molecule has 1 amide bonds. The highest BCUT2D eigenvalue weighted by Crippen LogP contribution is 2.19. The summed E-state index contributed by atoms with van der Waals surface area (Å²) in [5.41, 5.74) is 2.19. The lowest BCUT2D eigenvalue weighted by Crippen LogP contribution is -2.15. The Morgan fingerprint density at radius 2 is 1.90 bits per heavy atom. The number of hydrogen-bond acceptors (Lipinski definition) is 2. The first-order valence-corrected chi connectivity index (χ1v) is 6.71. The van der Waals surface area contributed by atoms with Crippen molar-refractivity contribution in [1.29, 1.82) is 0 Å². The van der Waals surface area contributed by atoms with E-state index < -0.39 is 0 Å². The van der Waals surface area contributed by atoms with Crippen molar-refractivity contribution in [3.05, 3.63) is 59.9 Å². The summed E-state index contributed by atoms with van der Waals surface area (Å²) in [6.07, 6.45) is 0. The number of fused-ring (bicyclic) bond motifs is 1. The lowest BCUT2D eigenvalue weighted by atomic mass is 10.2. The number of rotatable bonds is 3. The van der Waals surface area contributed by atoms with E-state index in [-0.39, 0.29) is 11.7 Å². The van der Waals surface area contributed by atoms with Crippen molar-refractivity contribution in [2.75, 3.05) is 5.32 Å². The van der Waals surface area contributed by atoms with Crippen LogP contribution in [0.25, 0.3) is 11.0 Å². The summed E-state index contributed by atoms with van der Waals surface area (Å²) in [6.45, 7) is 2.68. The van der Waals surface area contributed by atoms with Crippen LogP contribution < -0.4 is 5.32 Å². The summed E-state index contributed by atoms with van der Waals surface area (Å²) >= 11 is 0. The van der Waals surface area contributed by atoms with Gasteiger partial charge < -0.3 is 4.57 Å². The summed E-state index contributed by atoms with van der Waals surface area (Å²) < 4.78 is 14.8. The van der Waals surface area contributed by atoms with Crippen molar-refractivity contribution in [2.45, 2.75) is 13.5 Å². The molecule has 0 fully saturated rings. The van der Waals surface area contributed by atoms with Crippen LogP contribution in [0.1, 0.15) is 17.3 Å². The molecule has 1 aromatic heterocycles. The molecule has 0 bridgehead atoms. The van der Waals surface area contributed by atoms with E-state index in [0.717, 1.165) is 11.0 Å². The number of aromatic nitrogens is 2. The van der Waals surface area contributed by atoms with Crippen LogP contribution in [-0.4, -0.2) is 15.5 Å². The maximum Gasteiger partial charge on any atom is 0.257 e. The Morgan fingerprint density at radius 3 is 2.62 bits per heavy atom. The quantitative estimate of drug-likeness (QED) is 0.800. The SMILES string of the molecule is CCn1c(NC(=O)c2ccc(F)cc2)nc2ccccc21. The molecule has 1 N–H and O–H groups in total. The number of imidazole rings is 1. The van der Waals surface area contributed by atoms with Gasteiger partial charge in [-0.2, -0.15) is 0 Å². The van der Waals surface area contributed by atoms with Crippen LogP contribution in [0.2, 0.25) is 0 Å². The van der Waals surface area contributed by atoms with Crippen molar-refractivity contribution in [2.24, 2.45) is 0 Å². The third-order valence-electron chi connectivity index (χ3n) is 3.30. The number of amides is 1. The Hall–Kier alpha value is -2.69. The normalized spacial score (nSPS) is 10.8. The minimum Gasteiger partial charge on any atom is -0.310 e. The van der Waals surface area contributed by atoms with Crippen molar-refractivity contribution in [3.8, 4) is 0 Å². The molecule has 0 saturated heterocycles. The molecule has 0 aliphatic heterocycles. The Bertz CT molecular complexity index is 793. The average Bonchev–Trinajstić information content (AvgIpc) is 2.84. The zero-order valence-electron chi connectivity index (χ0n) is 11.5. The standard InChI is InChI=1S/C16H14FN3O/c1-2-20-14-6-4-3-5-13(14)18-16(20)19-15(21)11-7-9-12(17)10-8-11/h3-10H,2H2,1H3,(H,18,19,21). The van der Waals surface area contributed by atoms with Crippen LogP contribution in [0.5, 0.6) is 0 Å². The maximum atomic E-state index is 12.9. The van der Waals surface area contributed by atoms with Gasteiger partial charge in [0.15, 0.2) is 0 Å². The number of aryl methyl sites for hydroxylation is 1. The van der Waals surface area contributed by atoms with Crippen LogP contribution >= 0.6 is 0 Å². The zero-order chi connectivity index (χ0) is 14.8. The number of para-hydroxylation sites is 2. The molecule has 0 aliphatic carbocycles. The predicted octanol–water partition coefficient (Wildman–Crippen LogP) is 3.45. The summed E-state index contributed by atoms with van der Waals surface area (Å²) in [7, 11) is 0. The van der Waals surface area contributed by atoms with E-state index in [0.29, 0.717) is 18.1 Å². The Morgan fingerprint density at radius 1 is 1.19 bits per heavy atom. The highest BCUT2D eigenvalue weighted by Gasteiger charge is 2.13. The number of carbonyl (C=O) groups excluding carboxylic acids is 1. The van der Waals surface area contributed by atoms with Gasteiger partial charge in [-0.3, -0.25) is 10.1 Å². The van der Waals surface area contributed by atoms with Crippen LogP contribution in [0.3, 0.4) is 0 Å². The first kappa shape index (κ1) is 13.3. The second-order valence-corrected chi connectivity index (χ2v) is 4.63. The fourth-order valence-electron chi connectivity index (χ4n) is 2.27. The maximum absolute atomic E-state index is 12.9. The van der Waals surface area contributed by atoms with E-state index in [1.165, 1.54) is 24.3 Å². The van der Waals surface area contributed by atoms with Gasteiger partial charge in [-0.05, 0) is 43.3 Å². The molecule has 4 nitrogen and oxygen atoms in total. The van der Waals surface area contributed by atoms with Crippen molar-refractivity contribution >= 4 is 22.9 Å². The van der Waals surface area contributed by atoms with E-state index in [1.54, 1.807) is 0 Å². The number of anilines is 1. The van der Waals surface area contributed by atoms with E-state index in [4.69, 9.17) is 0 Å². The Balaban J connectivity index is 1.94. The molecular formula is C16H14FN3O. The van der Waals surface area contributed by atoms with Gasteiger partial charge >= 0.3 is 0 Å². The van der Waals surface area contributed by atoms with Crippen LogP contribution in [0, 0.1) is 5.82 Å². The van der Waals surface area contributed by atoms with Crippen LogP contribution in [0.4, 0.5) is 10.3 Å². The molecule has 0 unspecified atom stereocenters. The van der Waals surface area contributed by atoms with Gasteiger partial charge in [-0.25, -0.2) is 9.37 Å². The van der Waals surface area contributed by atoms with Gasteiger partial charge in [0, 0.05) is 12.1 Å². The minimum absolute atomic E-state index is 0.306. The number of hydrogen-bond donors (Lipinski definition) is 1. The monoisotopic (exact) mass is 283 g/mol. The van der Waals surface area contributed by atoms with Gasteiger partial charge in [-0.15, -0.1) is 0 Å². The number of halogens is 1. The van der Waals surface area contributed by atoms with Gasteiger partial charge in [0.1, 0.15) is 5.82 Å². The number of benzene rings is 2. The minimum atomic E-state index is -0.368. The molecule has 5 heteroatoms. The smallest absolute Gasteiger partial charge is 0.257 e. The molecule has 3 aromatic rings. The molecule has 0 atom stereocenters. The highest BCUT2D eigenvalue weighted by atomic mass is 19.1. The van der Waals surface area contributed by atoms with Gasteiger partial charge in [0.05, 0.1) is 11.0 Å². The molecule has 0 aliphatic rings. The van der Waals surface area contributed by atoms with Crippen LogP contribution in [-0.2, 0) is 6.54 Å². The van der Waals surface area contributed by atoms with Gasteiger partial charge in [0.25, 0.3) is 5.91 Å². The van der Waals surface area contributed by atoms with Crippen molar-refractivity contribution in [1.82, 2.24) is 9.55 Å². The number of nitrogens with one attached hydrogen (secondary N) is 1. The fourth-order valence-corrected chi connectivity index (χ4v) is 2.27.